The lowest BCUT2D eigenvalue weighted by molar-refractivity contribution is -0.111. The maximum absolute atomic E-state index is 13.0. The van der Waals surface area contributed by atoms with E-state index in [2.05, 4.69) is 68.3 Å². The number of nitrogens with zero attached hydrogens (tertiary/aromatic N) is 2. The van der Waals surface area contributed by atoms with E-state index in [1.807, 2.05) is 22.8 Å². The van der Waals surface area contributed by atoms with Gasteiger partial charge in [-0.05, 0) is 84.1 Å². The highest BCUT2D eigenvalue weighted by Crippen LogP contribution is 2.32. The van der Waals surface area contributed by atoms with Crippen LogP contribution in [-0.2, 0) is 32.6 Å². The second-order valence-corrected chi connectivity index (χ2v) is 14.2. The third kappa shape index (κ3) is 11.0. The molecule has 4 aromatic rings. The minimum absolute atomic E-state index is 0.233. The van der Waals surface area contributed by atoms with Gasteiger partial charge in [0.05, 0.1) is 35.2 Å². The molecule has 9 heteroatoms. The number of ether oxygens (including phenoxy) is 2. The first-order valence-electron chi connectivity index (χ1n) is 15.9. The molecule has 1 heterocycles. The number of imidazole rings is 1. The molecule has 244 valence electrons. The summed E-state index contributed by atoms with van der Waals surface area (Å²) in [5.41, 5.74) is 4.70. The number of unbranched alkanes of at least 4 members (excludes halogenated alkanes) is 1. The third-order valence-corrected chi connectivity index (χ3v) is 9.49. The first kappa shape index (κ1) is 35.2. The molecule has 0 spiro atoms. The molecule has 0 fully saturated rings. The van der Waals surface area contributed by atoms with Crippen LogP contribution in [0.4, 0.5) is 5.69 Å². The van der Waals surface area contributed by atoms with Crippen molar-refractivity contribution in [2.24, 2.45) is 0 Å². The molecule has 4 rings (SSSR count). The summed E-state index contributed by atoms with van der Waals surface area (Å²) in [4.78, 5) is 18.9. The Labute approximate surface area is 280 Å². The number of nitrogens with one attached hydrogen (secondary N) is 1. The molecule has 1 aromatic heterocycles. The van der Waals surface area contributed by atoms with Crippen molar-refractivity contribution in [3.63, 3.8) is 0 Å². The largest absolute Gasteiger partial charge is 0.491 e. The summed E-state index contributed by atoms with van der Waals surface area (Å²) in [6.45, 7) is 11.3. The Morgan fingerprint density at radius 2 is 1.74 bits per heavy atom. The van der Waals surface area contributed by atoms with Crippen LogP contribution in [0.15, 0.2) is 95.1 Å². The molecule has 0 aliphatic rings. The molecular weight excluding hydrogens is 615 g/mol. The van der Waals surface area contributed by atoms with Crippen LogP contribution >= 0.6 is 11.8 Å². The summed E-state index contributed by atoms with van der Waals surface area (Å²) in [7, 11) is -1.21. The zero-order chi connectivity index (χ0) is 32.7. The zero-order valence-corrected chi connectivity index (χ0v) is 28.9. The molecule has 0 aliphatic heterocycles. The number of hydrogen-bond donors (Lipinski definition) is 1. The lowest BCUT2D eigenvalue weighted by Gasteiger charge is -2.12. The van der Waals surface area contributed by atoms with Gasteiger partial charge >= 0.3 is 0 Å². The van der Waals surface area contributed by atoms with Crippen LogP contribution in [0.2, 0.25) is 0 Å². The van der Waals surface area contributed by atoms with E-state index < -0.39 is 10.8 Å². The van der Waals surface area contributed by atoms with Crippen molar-refractivity contribution in [2.45, 2.75) is 74.3 Å². The van der Waals surface area contributed by atoms with Gasteiger partial charge in [0.25, 0.3) is 0 Å². The molecule has 46 heavy (non-hydrogen) atoms. The van der Waals surface area contributed by atoms with E-state index in [9.17, 15) is 9.00 Å². The number of amides is 1. The summed E-state index contributed by atoms with van der Waals surface area (Å²) in [6.07, 6.45) is 10.2. The number of carbonyl (C=O) groups excluding carboxylic acids is 1. The maximum atomic E-state index is 13.0. The van der Waals surface area contributed by atoms with Crippen LogP contribution in [0.3, 0.4) is 0 Å². The molecule has 0 radical (unpaired) electrons. The van der Waals surface area contributed by atoms with Crippen LogP contribution in [0.25, 0.3) is 17.2 Å². The second-order valence-electron chi connectivity index (χ2n) is 11.2. The van der Waals surface area contributed by atoms with Crippen molar-refractivity contribution < 1.29 is 18.5 Å². The highest BCUT2D eigenvalue weighted by molar-refractivity contribution is 8.00. The first-order chi connectivity index (χ1) is 22.4. The summed E-state index contributed by atoms with van der Waals surface area (Å²) in [5.74, 6) is 0.977. The van der Waals surface area contributed by atoms with E-state index >= 15 is 0 Å². The van der Waals surface area contributed by atoms with E-state index in [0.717, 1.165) is 65.4 Å². The van der Waals surface area contributed by atoms with Gasteiger partial charge in [0.15, 0.2) is 0 Å². The summed E-state index contributed by atoms with van der Waals surface area (Å²) in [6, 6.07) is 21.6. The normalized spacial score (nSPS) is 12.1. The van der Waals surface area contributed by atoms with Crippen molar-refractivity contribution in [2.75, 3.05) is 25.1 Å². The monoisotopic (exact) mass is 659 g/mol. The van der Waals surface area contributed by atoms with Crippen molar-refractivity contribution in [1.29, 1.82) is 0 Å². The molecule has 0 unspecified atom stereocenters. The fourth-order valence-corrected chi connectivity index (χ4v) is 6.73. The predicted octanol–water partition coefficient (Wildman–Crippen LogP) is 8.62. The molecule has 0 bridgehead atoms. The maximum Gasteiger partial charge on any atom is 0.248 e. The van der Waals surface area contributed by atoms with Gasteiger partial charge in [0.1, 0.15) is 12.4 Å². The van der Waals surface area contributed by atoms with Crippen LogP contribution in [0, 0.1) is 0 Å². The topological polar surface area (TPSA) is 82.4 Å². The fraction of sp³-hybridized carbons (Fsp3) is 0.351. The molecule has 1 amide bonds. The first-order valence-corrected chi connectivity index (χ1v) is 18.1. The third-order valence-electron chi connectivity index (χ3n) is 7.04. The lowest BCUT2D eigenvalue weighted by Crippen LogP contribution is -2.08. The molecule has 1 atom stereocenters. The van der Waals surface area contributed by atoms with E-state index in [4.69, 9.17) is 9.47 Å². The van der Waals surface area contributed by atoms with Gasteiger partial charge in [-0.25, -0.2) is 4.98 Å². The number of thioether (sulfide) groups is 1. The van der Waals surface area contributed by atoms with Gasteiger partial charge < -0.3 is 19.4 Å². The van der Waals surface area contributed by atoms with Gasteiger partial charge in [-0.1, -0.05) is 52.3 Å². The quantitative estimate of drug-likeness (QED) is 0.0655. The summed E-state index contributed by atoms with van der Waals surface area (Å²) >= 11 is 1.76. The van der Waals surface area contributed by atoms with Crippen molar-refractivity contribution in [3.05, 3.63) is 96.6 Å². The Bertz CT molecular complexity index is 1580. The van der Waals surface area contributed by atoms with Gasteiger partial charge in [-0.3, -0.25) is 9.00 Å². The Balaban J connectivity index is 1.38. The van der Waals surface area contributed by atoms with E-state index in [1.54, 1.807) is 54.6 Å². The number of carbonyl (C=O) groups is 1. The summed E-state index contributed by atoms with van der Waals surface area (Å²) in [5, 5.41) is 3.32. The van der Waals surface area contributed by atoms with Gasteiger partial charge in [-0.2, -0.15) is 0 Å². The number of aromatic nitrogens is 2. The van der Waals surface area contributed by atoms with Crippen molar-refractivity contribution in [1.82, 2.24) is 9.55 Å². The number of hydrogen-bond acceptors (Lipinski definition) is 6. The number of aryl methyl sites for hydroxylation is 1. The Hall–Kier alpha value is -3.66. The highest BCUT2D eigenvalue weighted by atomic mass is 32.2. The smallest absolute Gasteiger partial charge is 0.248 e. The van der Waals surface area contributed by atoms with Crippen molar-refractivity contribution >= 4 is 40.2 Å². The molecule has 3 aromatic carbocycles. The zero-order valence-electron chi connectivity index (χ0n) is 27.2. The Morgan fingerprint density at radius 1 is 0.978 bits per heavy atom. The number of rotatable bonds is 18. The molecule has 0 aliphatic carbocycles. The van der Waals surface area contributed by atoms with E-state index in [1.165, 1.54) is 0 Å². The SMILES string of the molecule is CCCCOCCOc1ccc(-c2ccc(SC(C)C)c(/C=C/C(=O)Nc3ccc([S@](=O)Cc4cncn4CCC)cc3)c2)cc1. The predicted molar refractivity (Wildman–Crippen MR) is 191 cm³/mol. The molecule has 0 saturated heterocycles. The Kier molecular flexibility index (Phi) is 14.1. The van der Waals surface area contributed by atoms with Crippen molar-refractivity contribution in [3.8, 4) is 16.9 Å². The highest BCUT2D eigenvalue weighted by Gasteiger charge is 2.11. The minimum atomic E-state index is -1.21. The summed E-state index contributed by atoms with van der Waals surface area (Å²) < 4.78 is 26.4. The Morgan fingerprint density at radius 3 is 2.46 bits per heavy atom. The fourth-order valence-electron chi connectivity index (χ4n) is 4.70. The van der Waals surface area contributed by atoms with Crippen LogP contribution in [0.1, 0.15) is 58.2 Å². The molecule has 1 N–H and O–H groups in total. The number of anilines is 1. The standard InChI is InChI=1S/C37H45N3O4S2/c1-5-7-21-43-22-23-44-34-14-8-29(9-15-34)30-10-18-36(45-28(3)4)31(24-30)11-19-37(41)39-32-12-16-35(17-13-32)46(42)26-33-25-38-27-40(33)20-6-2/h8-19,24-25,27-28H,5-7,20-23,26H2,1-4H3,(H,39,41)/b19-11+/t46-/m1/s1. The lowest BCUT2D eigenvalue weighted by atomic mass is 10.0. The average Bonchev–Trinajstić information content (AvgIpc) is 3.49. The molecular formula is C37H45N3O4S2. The minimum Gasteiger partial charge on any atom is -0.491 e. The van der Waals surface area contributed by atoms with Gasteiger partial charge in [-0.15, -0.1) is 11.8 Å². The van der Waals surface area contributed by atoms with Gasteiger partial charge in [0, 0.05) is 46.2 Å². The molecule has 0 saturated carbocycles. The van der Waals surface area contributed by atoms with Crippen LogP contribution in [0.5, 0.6) is 5.75 Å². The van der Waals surface area contributed by atoms with E-state index in [-0.39, 0.29) is 5.91 Å². The second kappa shape index (κ2) is 18.5. The average molecular weight is 660 g/mol. The van der Waals surface area contributed by atoms with Crippen LogP contribution in [-0.4, -0.2) is 44.7 Å². The molecule has 7 nitrogen and oxygen atoms in total. The number of benzene rings is 3. The van der Waals surface area contributed by atoms with Gasteiger partial charge in [0.2, 0.25) is 5.91 Å². The van der Waals surface area contributed by atoms with E-state index in [0.29, 0.717) is 34.8 Å². The van der Waals surface area contributed by atoms with Crippen LogP contribution < -0.4 is 10.1 Å².